The Hall–Kier alpha value is -3.78. The molecule has 184 valence electrons. The smallest absolute Gasteiger partial charge is 0.290 e. The molecule has 2 aromatic carbocycles. The number of fused-ring (bicyclic) bond motifs is 1. The first-order valence-electron chi connectivity index (χ1n) is 11.6. The number of furan rings is 1. The number of benzene rings is 2. The summed E-state index contributed by atoms with van der Waals surface area (Å²) >= 11 is 0. The van der Waals surface area contributed by atoms with E-state index in [1.54, 1.807) is 48.4 Å². The highest BCUT2D eigenvalue weighted by Gasteiger charge is 2.44. The molecular weight excluding hydrogens is 448 g/mol. The van der Waals surface area contributed by atoms with Crippen LogP contribution in [-0.4, -0.2) is 67.0 Å². The van der Waals surface area contributed by atoms with Gasteiger partial charge >= 0.3 is 0 Å². The number of aliphatic hydroxyl groups is 1. The number of carbonyl (C=O) groups excluding carboxylic acids is 2. The van der Waals surface area contributed by atoms with E-state index < -0.39 is 23.5 Å². The third kappa shape index (κ3) is 4.49. The second-order valence-electron chi connectivity index (χ2n) is 8.29. The summed E-state index contributed by atoms with van der Waals surface area (Å²) < 4.78 is 16.6. The standard InChI is InChI=1S/C27H30N2O6/c1-5-28(6-2)13-14-29-23(17-9-7-11-19(15-17)33-3)22(25(31)27(29)32)24(30)21-16-18-10-8-12-20(34-4)26(18)35-21/h7-12,15-16,23,31H,5-6,13-14H2,1-4H3/t23-/m1/s1. The van der Waals surface area contributed by atoms with Crippen LogP contribution < -0.4 is 9.47 Å². The molecule has 1 aliphatic rings. The lowest BCUT2D eigenvalue weighted by Crippen LogP contribution is -2.38. The highest BCUT2D eigenvalue weighted by Crippen LogP contribution is 2.40. The van der Waals surface area contributed by atoms with Crippen molar-refractivity contribution >= 4 is 22.7 Å². The third-order valence-electron chi connectivity index (χ3n) is 6.46. The number of methoxy groups -OCH3 is 2. The first-order valence-corrected chi connectivity index (χ1v) is 11.6. The highest BCUT2D eigenvalue weighted by molar-refractivity contribution is 6.16. The molecule has 0 saturated carbocycles. The molecule has 2 heterocycles. The van der Waals surface area contributed by atoms with Gasteiger partial charge in [-0.25, -0.2) is 0 Å². The summed E-state index contributed by atoms with van der Waals surface area (Å²) in [5, 5.41) is 11.6. The van der Waals surface area contributed by atoms with E-state index in [4.69, 9.17) is 13.9 Å². The van der Waals surface area contributed by atoms with Crippen molar-refractivity contribution in [1.29, 1.82) is 0 Å². The number of Topliss-reactive ketones (excluding diaryl/α,β-unsaturated/α-hetero) is 1. The van der Waals surface area contributed by atoms with Crippen LogP contribution in [0.4, 0.5) is 0 Å². The zero-order valence-corrected chi connectivity index (χ0v) is 20.4. The molecule has 1 N–H and O–H groups in total. The Morgan fingerprint density at radius 2 is 1.83 bits per heavy atom. The lowest BCUT2D eigenvalue weighted by molar-refractivity contribution is -0.129. The molecule has 0 radical (unpaired) electrons. The minimum absolute atomic E-state index is 0.0131. The molecule has 1 aromatic heterocycles. The van der Waals surface area contributed by atoms with E-state index in [1.165, 1.54) is 7.11 Å². The van der Waals surface area contributed by atoms with E-state index in [1.807, 2.05) is 12.1 Å². The molecule has 0 spiro atoms. The monoisotopic (exact) mass is 478 g/mol. The van der Waals surface area contributed by atoms with E-state index in [9.17, 15) is 14.7 Å². The molecule has 0 bridgehead atoms. The summed E-state index contributed by atoms with van der Waals surface area (Å²) in [5.74, 6) is -0.584. The van der Waals surface area contributed by atoms with Crippen LogP contribution >= 0.6 is 0 Å². The minimum atomic E-state index is -0.782. The summed E-state index contributed by atoms with van der Waals surface area (Å²) in [7, 11) is 3.08. The fraction of sp³-hybridized carbons (Fsp3) is 0.333. The van der Waals surface area contributed by atoms with Crippen molar-refractivity contribution in [2.75, 3.05) is 40.4 Å². The SMILES string of the molecule is CCN(CC)CCN1C(=O)C(O)=C(C(=O)c2cc3cccc(OC)c3o2)[C@H]1c1cccc(OC)c1. The van der Waals surface area contributed by atoms with Gasteiger partial charge < -0.3 is 28.8 Å². The average molecular weight is 479 g/mol. The average Bonchev–Trinajstić information content (AvgIpc) is 3.43. The number of amides is 1. The van der Waals surface area contributed by atoms with Crippen molar-refractivity contribution in [3.8, 4) is 11.5 Å². The summed E-state index contributed by atoms with van der Waals surface area (Å²) in [6, 6.07) is 13.3. The lowest BCUT2D eigenvalue weighted by Gasteiger charge is -2.29. The van der Waals surface area contributed by atoms with Gasteiger partial charge in [-0.05, 0) is 42.9 Å². The second-order valence-corrected chi connectivity index (χ2v) is 8.29. The first kappa shape index (κ1) is 24.3. The van der Waals surface area contributed by atoms with E-state index >= 15 is 0 Å². The van der Waals surface area contributed by atoms with Crippen LogP contribution in [0.3, 0.4) is 0 Å². The normalized spacial score (nSPS) is 16.0. The maximum absolute atomic E-state index is 13.7. The second kappa shape index (κ2) is 10.2. The van der Waals surface area contributed by atoms with Gasteiger partial charge in [0.15, 0.2) is 22.9 Å². The predicted molar refractivity (Wildman–Crippen MR) is 132 cm³/mol. The van der Waals surface area contributed by atoms with Gasteiger partial charge in [-0.15, -0.1) is 0 Å². The van der Waals surface area contributed by atoms with Crippen LogP contribution in [-0.2, 0) is 4.79 Å². The van der Waals surface area contributed by atoms with Crippen LogP contribution in [0, 0.1) is 0 Å². The van der Waals surface area contributed by atoms with E-state index in [0.29, 0.717) is 41.1 Å². The quantitative estimate of drug-likeness (QED) is 0.433. The zero-order chi connectivity index (χ0) is 25.1. The molecule has 35 heavy (non-hydrogen) atoms. The molecular formula is C27H30N2O6. The van der Waals surface area contributed by atoms with Crippen molar-refractivity contribution in [3.63, 3.8) is 0 Å². The Morgan fingerprint density at radius 3 is 2.51 bits per heavy atom. The minimum Gasteiger partial charge on any atom is -0.503 e. The van der Waals surface area contributed by atoms with E-state index in [-0.39, 0.29) is 11.3 Å². The third-order valence-corrected chi connectivity index (χ3v) is 6.46. The van der Waals surface area contributed by atoms with Gasteiger partial charge in [0.2, 0.25) is 5.78 Å². The molecule has 0 aliphatic carbocycles. The highest BCUT2D eigenvalue weighted by atomic mass is 16.5. The predicted octanol–water partition coefficient (Wildman–Crippen LogP) is 4.37. The topological polar surface area (TPSA) is 92.5 Å². The van der Waals surface area contributed by atoms with Gasteiger partial charge in [-0.3, -0.25) is 9.59 Å². The van der Waals surface area contributed by atoms with Gasteiger partial charge in [-0.1, -0.05) is 38.1 Å². The molecule has 0 saturated heterocycles. The Morgan fingerprint density at radius 1 is 1.09 bits per heavy atom. The van der Waals surface area contributed by atoms with Crippen molar-refractivity contribution in [2.45, 2.75) is 19.9 Å². The summed E-state index contributed by atoms with van der Waals surface area (Å²) in [4.78, 5) is 30.7. The van der Waals surface area contributed by atoms with Crippen LogP contribution in [0.5, 0.6) is 11.5 Å². The zero-order valence-electron chi connectivity index (χ0n) is 20.4. The number of rotatable bonds is 10. The number of para-hydroxylation sites is 1. The Kier molecular flexibility index (Phi) is 7.12. The molecule has 0 unspecified atom stereocenters. The molecule has 1 amide bonds. The Bertz CT molecular complexity index is 1270. The maximum atomic E-state index is 13.7. The number of likely N-dealkylation sites (N-methyl/N-ethyl adjacent to an activating group) is 1. The van der Waals surface area contributed by atoms with Crippen molar-refractivity contribution in [3.05, 3.63) is 71.2 Å². The number of nitrogens with zero attached hydrogens (tertiary/aromatic N) is 2. The molecule has 8 nitrogen and oxygen atoms in total. The molecule has 1 aliphatic heterocycles. The fourth-order valence-corrected chi connectivity index (χ4v) is 4.51. The summed E-state index contributed by atoms with van der Waals surface area (Å²) in [6.45, 7) is 6.71. The van der Waals surface area contributed by atoms with E-state index in [2.05, 4.69) is 18.7 Å². The summed E-state index contributed by atoms with van der Waals surface area (Å²) in [5.41, 5.74) is 1.08. The van der Waals surface area contributed by atoms with Gasteiger partial charge in [0.05, 0.1) is 25.8 Å². The van der Waals surface area contributed by atoms with Gasteiger partial charge in [-0.2, -0.15) is 0 Å². The van der Waals surface area contributed by atoms with Crippen molar-refractivity contribution in [1.82, 2.24) is 9.80 Å². The van der Waals surface area contributed by atoms with Crippen molar-refractivity contribution in [2.24, 2.45) is 0 Å². The number of hydrogen-bond acceptors (Lipinski definition) is 7. The van der Waals surface area contributed by atoms with Crippen LogP contribution in [0.2, 0.25) is 0 Å². The van der Waals surface area contributed by atoms with Gasteiger partial charge in [0, 0.05) is 18.5 Å². The van der Waals surface area contributed by atoms with Gasteiger partial charge in [0.25, 0.3) is 5.91 Å². The largest absolute Gasteiger partial charge is 0.503 e. The molecule has 1 atom stereocenters. The molecule has 8 heteroatoms. The fourth-order valence-electron chi connectivity index (χ4n) is 4.51. The molecule has 0 fully saturated rings. The van der Waals surface area contributed by atoms with E-state index in [0.717, 1.165) is 13.1 Å². The number of carbonyl (C=O) groups is 2. The van der Waals surface area contributed by atoms with Crippen molar-refractivity contribution < 1.29 is 28.6 Å². The number of hydrogen-bond donors (Lipinski definition) is 1. The first-order chi connectivity index (χ1) is 16.9. The van der Waals surface area contributed by atoms with Crippen LogP contribution in [0.25, 0.3) is 11.0 Å². The molecule has 3 aromatic rings. The number of aliphatic hydroxyl groups excluding tert-OH is 1. The number of ether oxygens (including phenoxy) is 2. The van der Waals surface area contributed by atoms with Crippen LogP contribution in [0.1, 0.15) is 36.0 Å². The maximum Gasteiger partial charge on any atom is 0.290 e. The Balaban J connectivity index is 1.78. The number of ketones is 1. The van der Waals surface area contributed by atoms with Gasteiger partial charge in [0.1, 0.15) is 5.75 Å². The van der Waals surface area contributed by atoms with Crippen LogP contribution in [0.15, 0.2) is 64.3 Å². The Labute approximate surface area is 204 Å². The summed E-state index contributed by atoms with van der Waals surface area (Å²) in [6.07, 6.45) is 0. The lowest BCUT2D eigenvalue weighted by atomic mass is 9.95. The molecule has 4 rings (SSSR count).